The van der Waals surface area contributed by atoms with Crippen LogP contribution < -0.4 is 11.1 Å². The zero-order chi connectivity index (χ0) is 11.8. The molecule has 3 N–H and O–H groups in total. The lowest BCUT2D eigenvalue weighted by molar-refractivity contribution is -0.122. The van der Waals surface area contributed by atoms with Gasteiger partial charge in [-0.25, -0.2) is 0 Å². The molecule has 0 aliphatic carbocycles. The molecular weight excluding hydrogens is 222 g/mol. The van der Waals surface area contributed by atoms with Crippen LogP contribution in [0.3, 0.4) is 0 Å². The first-order chi connectivity index (χ1) is 7.74. The minimum atomic E-state index is -0.342. The lowest BCUT2D eigenvalue weighted by atomic mass is 10.2. The molecule has 0 aromatic carbocycles. The molecule has 0 aromatic rings. The minimum Gasteiger partial charge on any atom is -0.353 e. The Balaban J connectivity index is 2.04. The number of nitrogens with one attached hydrogen (secondary N) is 1. The largest absolute Gasteiger partial charge is 0.353 e. The Labute approximate surface area is 102 Å². The van der Waals surface area contributed by atoms with Crippen molar-refractivity contribution < 1.29 is 4.79 Å². The first-order valence-electron chi connectivity index (χ1n) is 5.98. The molecule has 1 amide bonds. The molecule has 1 fully saturated rings. The molecule has 0 saturated carbocycles. The lowest BCUT2D eigenvalue weighted by Gasteiger charge is -2.16. The van der Waals surface area contributed by atoms with Gasteiger partial charge in [-0.05, 0) is 44.4 Å². The number of hydrogen-bond acceptors (Lipinski definition) is 4. The van der Waals surface area contributed by atoms with Gasteiger partial charge in [0.15, 0.2) is 0 Å². The molecule has 0 spiro atoms. The molecular formula is C11H23N3OS. The molecule has 0 radical (unpaired) electrons. The van der Waals surface area contributed by atoms with Gasteiger partial charge in [0.05, 0.1) is 6.04 Å². The fourth-order valence-corrected chi connectivity index (χ4v) is 2.34. The highest BCUT2D eigenvalue weighted by Crippen LogP contribution is 2.05. The molecule has 16 heavy (non-hydrogen) atoms. The van der Waals surface area contributed by atoms with Gasteiger partial charge in [-0.1, -0.05) is 0 Å². The fourth-order valence-electron chi connectivity index (χ4n) is 1.85. The number of amides is 1. The van der Waals surface area contributed by atoms with E-state index in [4.69, 9.17) is 5.73 Å². The maximum Gasteiger partial charge on any atom is 0.236 e. The summed E-state index contributed by atoms with van der Waals surface area (Å²) in [6.07, 6.45) is 5.37. The Kier molecular flexibility index (Phi) is 6.84. The van der Waals surface area contributed by atoms with Crippen molar-refractivity contribution in [3.63, 3.8) is 0 Å². The summed E-state index contributed by atoms with van der Waals surface area (Å²) < 4.78 is 0. The van der Waals surface area contributed by atoms with Crippen LogP contribution in [0.4, 0.5) is 0 Å². The number of thioether (sulfide) groups is 1. The van der Waals surface area contributed by atoms with Gasteiger partial charge in [0.2, 0.25) is 5.91 Å². The van der Waals surface area contributed by atoms with Crippen LogP contribution in [0, 0.1) is 0 Å². The highest BCUT2D eigenvalue weighted by atomic mass is 32.2. The number of carbonyl (C=O) groups excluding carboxylic acids is 1. The van der Waals surface area contributed by atoms with E-state index in [0.717, 1.165) is 25.3 Å². The van der Waals surface area contributed by atoms with Crippen molar-refractivity contribution >= 4 is 17.7 Å². The van der Waals surface area contributed by atoms with Crippen LogP contribution in [-0.4, -0.2) is 55.0 Å². The Bertz CT molecular complexity index is 207. The second-order valence-electron chi connectivity index (χ2n) is 4.23. The van der Waals surface area contributed by atoms with Gasteiger partial charge in [0.1, 0.15) is 0 Å². The molecule has 1 saturated heterocycles. The number of hydrogen-bond donors (Lipinski definition) is 2. The molecule has 4 nitrogen and oxygen atoms in total. The summed E-state index contributed by atoms with van der Waals surface area (Å²) in [6, 6.07) is -0.342. The molecule has 5 heteroatoms. The third-order valence-corrected chi connectivity index (χ3v) is 3.54. The van der Waals surface area contributed by atoms with E-state index < -0.39 is 0 Å². The van der Waals surface area contributed by atoms with E-state index in [1.165, 1.54) is 25.9 Å². The lowest BCUT2D eigenvalue weighted by Crippen LogP contribution is -2.43. The number of likely N-dealkylation sites (tertiary alicyclic amines) is 1. The van der Waals surface area contributed by atoms with Crippen LogP contribution >= 0.6 is 11.8 Å². The van der Waals surface area contributed by atoms with Crippen molar-refractivity contribution in [2.24, 2.45) is 5.73 Å². The van der Waals surface area contributed by atoms with Crippen LogP contribution in [0.2, 0.25) is 0 Å². The molecule has 1 atom stereocenters. The van der Waals surface area contributed by atoms with Crippen LogP contribution in [0.5, 0.6) is 0 Å². The van der Waals surface area contributed by atoms with E-state index in [2.05, 4.69) is 10.2 Å². The van der Waals surface area contributed by atoms with Gasteiger partial charge >= 0.3 is 0 Å². The summed E-state index contributed by atoms with van der Waals surface area (Å²) in [4.78, 5) is 13.9. The highest BCUT2D eigenvalue weighted by molar-refractivity contribution is 7.98. The monoisotopic (exact) mass is 245 g/mol. The maximum absolute atomic E-state index is 11.6. The summed E-state index contributed by atoms with van der Waals surface area (Å²) in [5.41, 5.74) is 5.76. The fraction of sp³-hybridized carbons (Fsp3) is 0.909. The van der Waals surface area contributed by atoms with E-state index in [1.807, 2.05) is 6.26 Å². The molecule has 0 bridgehead atoms. The maximum atomic E-state index is 11.6. The predicted molar refractivity (Wildman–Crippen MR) is 69.7 cm³/mol. The van der Waals surface area contributed by atoms with Gasteiger partial charge in [-0.2, -0.15) is 11.8 Å². The Hall–Kier alpha value is -0.260. The van der Waals surface area contributed by atoms with E-state index in [9.17, 15) is 4.79 Å². The van der Waals surface area contributed by atoms with E-state index in [0.29, 0.717) is 0 Å². The van der Waals surface area contributed by atoms with Crippen molar-refractivity contribution in [2.45, 2.75) is 25.3 Å². The molecule has 1 aliphatic rings. The molecule has 0 unspecified atom stereocenters. The summed E-state index contributed by atoms with van der Waals surface area (Å²) in [5.74, 6) is 0.939. The first-order valence-corrected chi connectivity index (χ1v) is 7.38. The summed E-state index contributed by atoms with van der Waals surface area (Å²) in [6.45, 7) is 4.04. The SMILES string of the molecule is CSCC[C@H](N)C(=O)NCCN1CCCC1. The second kappa shape index (κ2) is 7.92. The van der Waals surface area contributed by atoms with Crippen molar-refractivity contribution in [3.8, 4) is 0 Å². The van der Waals surface area contributed by atoms with Crippen LogP contribution in [0.25, 0.3) is 0 Å². The first kappa shape index (κ1) is 13.8. The number of carbonyl (C=O) groups is 1. The Morgan fingerprint density at radius 1 is 1.50 bits per heavy atom. The summed E-state index contributed by atoms with van der Waals surface area (Å²) >= 11 is 1.72. The number of nitrogens with two attached hydrogens (primary N) is 1. The highest BCUT2D eigenvalue weighted by Gasteiger charge is 2.14. The average molecular weight is 245 g/mol. The van der Waals surface area contributed by atoms with Gasteiger partial charge in [-0.3, -0.25) is 4.79 Å². The van der Waals surface area contributed by atoms with Crippen LogP contribution in [-0.2, 0) is 4.79 Å². The van der Waals surface area contributed by atoms with E-state index in [1.54, 1.807) is 11.8 Å². The predicted octanol–water partition coefficient (Wildman–Crippen LogP) is 0.279. The van der Waals surface area contributed by atoms with Crippen molar-refractivity contribution in [3.05, 3.63) is 0 Å². The summed E-state index contributed by atoms with van der Waals surface area (Å²) in [5, 5.41) is 2.90. The van der Waals surface area contributed by atoms with E-state index in [-0.39, 0.29) is 11.9 Å². The van der Waals surface area contributed by atoms with Crippen molar-refractivity contribution in [1.29, 1.82) is 0 Å². The quantitative estimate of drug-likeness (QED) is 0.676. The smallest absolute Gasteiger partial charge is 0.236 e. The normalized spacial score (nSPS) is 18.6. The van der Waals surface area contributed by atoms with Gasteiger partial charge in [0, 0.05) is 13.1 Å². The van der Waals surface area contributed by atoms with Crippen LogP contribution in [0.1, 0.15) is 19.3 Å². The average Bonchev–Trinajstić information content (AvgIpc) is 2.78. The Morgan fingerprint density at radius 3 is 2.81 bits per heavy atom. The van der Waals surface area contributed by atoms with Gasteiger partial charge in [0.25, 0.3) is 0 Å². The molecule has 1 rings (SSSR count). The molecule has 1 aliphatic heterocycles. The minimum absolute atomic E-state index is 0.00625. The van der Waals surface area contributed by atoms with Crippen LogP contribution in [0.15, 0.2) is 0 Å². The molecule has 94 valence electrons. The third kappa shape index (κ3) is 5.18. The topological polar surface area (TPSA) is 58.4 Å². The van der Waals surface area contributed by atoms with Gasteiger partial charge in [-0.15, -0.1) is 0 Å². The molecule has 0 aromatic heterocycles. The Morgan fingerprint density at radius 2 is 2.19 bits per heavy atom. The standard InChI is InChI=1S/C11H23N3OS/c1-16-9-4-10(12)11(15)13-5-8-14-6-2-3-7-14/h10H,2-9,12H2,1H3,(H,13,15)/t10-/m0/s1. The number of nitrogens with zero attached hydrogens (tertiary/aromatic N) is 1. The summed E-state index contributed by atoms with van der Waals surface area (Å²) in [7, 11) is 0. The zero-order valence-electron chi connectivity index (χ0n) is 10.1. The van der Waals surface area contributed by atoms with Gasteiger partial charge < -0.3 is 16.0 Å². The van der Waals surface area contributed by atoms with Crippen molar-refractivity contribution in [2.75, 3.05) is 38.2 Å². The van der Waals surface area contributed by atoms with Crippen molar-refractivity contribution in [1.82, 2.24) is 10.2 Å². The zero-order valence-corrected chi connectivity index (χ0v) is 10.9. The van der Waals surface area contributed by atoms with E-state index >= 15 is 0 Å². The number of rotatable bonds is 7. The third-order valence-electron chi connectivity index (χ3n) is 2.90. The second-order valence-corrected chi connectivity index (χ2v) is 5.21. The molecule has 1 heterocycles.